The van der Waals surface area contributed by atoms with E-state index in [2.05, 4.69) is 4.99 Å². The van der Waals surface area contributed by atoms with E-state index in [9.17, 15) is 9.59 Å². The van der Waals surface area contributed by atoms with Crippen LogP contribution in [0.1, 0.15) is 27.2 Å². The third-order valence-corrected chi connectivity index (χ3v) is 1.32. The van der Waals surface area contributed by atoms with Gasteiger partial charge in [0, 0.05) is 6.42 Å². The van der Waals surface area contributed by atoms with Gasteiger partial charge >= 0.3 is 5.97 Å². The summed E-state index contributed by atoms with van der Waals surface area (Å²) in [5, 5.41) is 0. The van der Waals surface area contributed by atoms with Crippen LogP contribution in [-0.2, 0) is 14.3 Å². The lowest BCUT2D eigenvalue weighted by Crippen LogP contribution is -2.23. The van der Waals surface area contributed by atoms with E-state index in [1.807, 2.05) is 0 Å². The molecule has 0 aliphatic rings. The molecule has 0 N–H and O–H groups in total. The molecule has 74 valence electrons. The Labute approximate surface area is 78.0 Å². The molecule has 0 fully saturated rings. The van der Waals surface area contributed by atoms with Crippen LogP contribution in [0, 0.1) is 5.41 Å². The molecule has 0 aliphatic heterocycles. The summed E-state index contributed by atoms with van der Waals surface area (Å²) in [6, 6.07) is 0. The Kier molecular flexibility index (Phi) is 5.00. The van der Waals surface area contributed by atoms with Gasteiger partial charge in [0.2, 0.25) is 6.08 Å². The van der Waals surface area contributed by atoms with Gasteiger partial charge in [0.25, 0.3) is 0 Å². The van der Waals surface area contributed by atoms with E-state index in [1.54, 1.807) is 20.8 Å². The molecule has 0 amide bonds. The van der Waals surface area contributed by atoms with Gasteiger partial charge in [-0.25, -0.2) is 9.79 Å². The Morgan fingerprint density at radius 2 is 2.08 bits per heavy atom. The Morgan fingerprint density at radius 1 is 1.46 bits per heavy atom. The standard InChI is InChI=1S/C9H15NO3/c1-9(2,3)8(12)13-6-4-5-10-7-11/h4-6H2,1-3H3. The van der Waals surface area contributed by atoms with Crippen LogP contribution in [-0.4, -0.2) is 25.2 Å². The highest BCUT2D eigenvalue weighted by Gasteiger charge is 2.22. The molecule has 13 heavy (non-hydrogen) atoms. The van der Waals surface area contributed by atoms with Crippen LogP contribution in [0.2, 0.25) is 0 Å². The molecule has 0 aromatic carbocycles. The second-order valence-electron chi connectivity index (χ2n) is 3.71. The fraction of sp³-hybridized carbons (Fsp3) is 0.778. The minimum absolute atomic E-state index is 0.234. The second-order valence-corrected chi connectivity index (χ2v) is 3.71. The van der Waals surface area contributed by atoms with Crippen molar-refractivity contribution in [2.45, 2.75) is 27.2 Å². The first-order valence-corrected chi connectivity index (χ1v) is 4.19. The van der Waals surface area contributed by atoms with Crippen LogP contribution >= 0.6 is 0 Å². The van der Waals surface area contributed by atoms with Crippen LogP contribution < -0.4 is 0 Å². The number of esters is 1. The van der Waals surface area contributed by atoms with Gasteiger partial charge in [-0.1, -0.05) is 0 Å². The average molecular weight is 185 g/mol. The van der Waals surface area contributed by atoms with Gasteiger partial charge in [-0.15, -0.1) is 0 Å². The predicted octanol–water partition coefficient (Wildman–Crippen LogP) is 1.30. The normalized spacial score (nSPS) is 10.4. The van der Waals surface area contributed by atoms with Crippen LogP contribution in [0.4, 0.5) is 0 Å². The Bertz CT molecular complexity index is 211. The highest BCUT2D eigenvalue weighted by molar-refractivity contribution is 5.75. The molecular weight excluding hydrogens is 170 g/mol. The fourth-order valence-corrected chi connectivity index (χ4v) is 0.571. The molecule has 0 saturated carbocycles. The van der Waals surface area contributed by atoms with E-state index < -0.39 is 5.41 Å². The number of ether oxygens (including phenoxy) is 1. The van der Waals surface area contributed by atoms with E-state index in [0.29, 0.717) is 19.6 Å². The zero-order chi connectivity index (χ0) is 10.3. The average Bonchev–Trinajstić information content (AvgIpc) is 2.02. The lowest BCUT2D eigenvalue weighted by molar-refractivity contribution is -0.152. The maximum atomic E-state index is 11.2. The number of hydrogen-bond donors (Lipinski definition) is 0. The molecule has 0 aliphatic carbocycles. The van der Waals surface area contributed by atoms with Crippen LogP contribution in [0.5, 0.6) is 0 Å². The first-order valence-electron chi connectivity index (χ1n) is 4.19. The molecule has 0 aromatic heterocycles. The van der Waals surface area contributed by atoms with Crippen molar-refractivity contribution in [2.75, 3.05) is 13.2 Å². The van der Waals surface area contributed by atoms with Crippen molar-refractivity contribution >= 4 is 12.0 Å². The van der Waals surface area contributed by atoms with Gasteiger partial charge in [0.15, 0.2) is 0 Å². The van der Waals surface area contributed by atoms with Crippen molar-refractivity contribution < 1.29 is 14.3 Å². The summed E-state index contributed by atoms with van der Waals surface area (Å²) in [7, 11) is 0. The van der Waals surface area contributed by atoms with E-state index in [4.69, 9.17) is 4.74 Å². The number of carbonyl (C=O) groups excluding carboxylic acids is 2. The highest BCUT2D eigenvalue weighted by Crippen LogP contribution is 2.14. The van der Waals surface area contributed by atoms with Gasteiger partial charge in [-0.3, -0.25) is 4.79 Å². The van der Waals surface area contributed by atoms with Gasteiger partial charge in [-0.2, -0.15) is 0 Å². The summed E-state index contributed by atoms with van der Waals surface area (Å²) in [6.07, 6.45) is 1.99. The second kappa shape index (κ2) is 5.49. The summed E-state index contributed by atoms with van der Waals surface area (Å²) < 4.78 is 4.92. The molecule has 4 nitrogen and oxygen atoms in total. The third kappa shape index (κ3) is 6.05. The van der Waals surface area contributed by atoms with Crippen molar-refractivity contribution in [1.29, 1.82) is 0 Å². The largest absolute Gasteiger partial charge is 0.465 e. The van der Waals surface area contributed by atoms with Gasteiger partial charge in [0.1, 0.15) is 0 Å². The first kappa shape index (κ1) is 11.8. The molecule has 0 saturated heterocycles. The monoisotopic (exact) mass is 185 g/mol. The summed E-state index contributed by atoms with van der Waals surface area (Å²) >= 11 is 0. The van der Waals surface area contributed by atoms with E-state index in [-0.39, 0.29) is 5.97 Å². The predicted molar refractivity (Wildman–Crippen MR) is 48.0 cm³/mol. The molecule has 0 rings (SSSR count). The fourth-order valence-electron chi connectivity index (χ4n) is 0.571. The van der Waals surface area contributed by atoms with Crippen LogP contribution in [0.15, 0.2) is 4.99 Å². The first-order chi connectivity index (χ1) is 5.98. The number of aliphatic imine (C=N–C) groups is 1. The maximum Gasteiger partial charge on any atom is 0.311 e. The van der Waals surface area contributed by atoms with Crippen molar-refractivity contribution in [3.05, 3.63) is 0 Å². The van der Waals surface area contributed by atoms with Gasteiger partial charge in [0.05, 0.1) is 18.6 Å². The summed E-state index contributed by atoms with van der Waals surface area (Å²) in [5.41, 5.74) is -0.464. The molecule has 4 heteroatoms. The van der Waals surface area contributed by atoms with Crippen molar-refractivity contribution in [3.63, 3.8) is 0 Å². The Balaban J connectivity index is 3.54. The smallest absolute Gasteiger partial charge is 0.311 e. The van der Waals surface area contributed by atoms with Crippen molar-refractivity contribution in [3.8, 4) is 0 Å². The zero-order valence-corrected chi connectivity index (χ0v) is 8.29. The third-order valence-electron chi connectivity index (χ3n) is 1.32. The molecule has 0 bridgehead atoms. The topological polar surface area (TPSA) is 55.7 Å². The molecule has 0 aromatic rings. The molecule has 0 spiro atoms. The molecule has 0 unspecified atom stereocenters. The number of rotatable bonds is 4. The van der Waals surface area contributed by atoms with Gasteiger partial charge < -0.3 is 4.74 Å². The summed E-state index contributed by atoms with van der Waals surface area (Å²) in [4.78, 5) is 24.2. The number of nitrogens with zero attached hydrogens (tertiary/aromatic N) is 1. The van der Waals surface area contributed by atoms with E-state index >= 15 is 0 Å². The van der Waals surface area contributed by atoms with E-state index in [0.717, 1.165) is 0 Å². The Morgan fingerprint density at radius 3 is 2.54 bits per heavy atom. The minimum Gasteiger partial charge on any atom is -0.465 e. The van der Waals surface area contributed by atoms with Crippen molar-refractivity contribution in [1.82, 2.24) is 0 Å². The number of isocyanates is 1. The number of hydrogen-bond acceptors (Lipinski definition) is 4. The van der Waals surface area contributed by atoms with Crippen molar-refractivity contribution in [2.24, 2.45) is 10.4 Å². The highest BCUT2D eigenvalue weighted by atomic mass is 16.5. The maximum absolute atomic E-state index is 11.2. The summed E-state index contributed by atoms with van der Waals surface area (Å²) in [6.45, 7) is 6.04. The lowest BCUT2D eigenvalue weighted by atomic mass is 9.97. The molecule has 0 radical (unpaired) electrons. The summed E-state index contributed by atoms with van der Waals surface area (Å²) in [5.74, 6) is -0.234. The van der Waals surface area contributed by atoms with Crippen LogP contribution in [0.3, 0.4) is 0 Å². The Hall–Kier alpha value is -1.15. The molecule has 0 heterocycles. The van der Waals surface area contributed by atoms with Gasteiger partial charge in [-0.05, 0) is 20.8 Å². The lowest BCUT2D eigenvalue weighted by Gasteiger charge is -2.15. The van der Waals surface area contributed by atoms with E-state index in [1.165, 1.54) is 6.08 Å². The SMILES string of the molecule is CC(C)(C)C(=O)OCCCN=C=O. The molecular formula is C9H15NO3. The molecule has 0 atom stereocenters. The minimum atomic E-state index is -0.464. The zero-order valence-electron chi connectivity index (χ0n) is 8.29. The number of carbonyl (C=O) groups is 1. The van der Waals surface area contributed by atoms with Crippen LogP contribution in [0.25, 0.3) is 0 Å². The quantitative estimate of drug-likeness (QED) is 0.287.